The Balaban J connectivity index is 1.94. The average molecular weight is 349 g/mol. The van der Waals surface area contributed by atoms with Gasteiger partial charge in [-0.3, -0.25) is 14.9 Å². The van der Waals surface area contributed by atoms with Gasteiger partial charge in [-0.05, 0) is 24.5 Å². The molecular weight excluding hydrogens is 326 g/mol. The molecule has 8 heteroatoms. The zero-order valence-electron chi connectivity index (χ0n) is 14.5. The molecule has 1 saturated heterocycles. The van der Waals surface area contributed by atoms with Gasteiger partial charge in [-0.25, -0.2) is 4.79 Å². The van der Waals surface area contributed by atoms with Gasteiger partial charge in [0.2, 0.25) is 0 Å². The Morgan fingerprint density at radius 1 is 1.12 bits per heavy atom. The molecule has 1 aliphatic heterocycles. The highest BCUT2D eigenvalue weighted by atomic mass is 16.6. The Bertz CT molecular complexity index is 630. The fourth-order valence-corrected chi connectivity index (χ4v) is 2.54. The van der Waals surface area contributed by atoms with Gasteiger partial charge < -0.3 is 14.5 Å². The van der Waals surface area contributed by atoms with E-state index in [0.29, 0.717) is 44.8 Å². The maximum atomic E-state index is 12.5. The van der Waals surface area contributed by atoms with Crippen LogP contribution >= 0.6 is 0 Å². The maximum absolute atomic E-state index is 12.5. The first-order valence-corrected chi connectivity index (χ1v) is 8.34. The summed E-state index contributed by atoms with van der Waals surface area (Å²) in [5, 5.41) is 10.7. The van der Waals surface area contributed by atoms with Crippen molar-refractivity contribution in [1.29, 1.82) is 0 Å². The second-order valence-electron chi connectivity index (χ2n) is 6.41. The van der Waals surface area contributed by atoms with Crippen LogP contribution in [0.1, 0.15) is 30.6 Å². The van der Waals surface area contributed by atoms with Crippen LogP contribution in [0.4, 0.5) is 10.5 Å². The Morgan fingerprint density at radius 2 is 1.72 bits per heavy atom. The van der Waals surface area contributed by atoms with E-state index in [1.807, 2.05) is 13.8 Å². The normalized spacial score (nSPS) is 15.0. The third-order valence-corrected chi connectivity index (χ3v) is 3.91. The zero-order chi connectivity index (χ0) is 18.4. The minimum absolute atomic E-state index is 0.0495. The van der Waals surface area contributed by atoms with Crippen LogP contribution < -0.4 is 0 Å². The summed E-state index contributed by atoms with van der Waals surface area (Å²) in [5.74, 6) is 0.0865. The molecule has 1 aromatic rings. The molecule has 1 aliphatic rings. The molecule has 0 N–H and O–H groups in total. The molecule has 25 heavy (non-hydrogen) atoms. The molecule has 0 bridgehead atoms. The summed E-state index contributed by atoms with van der Waals surface area (Å²) in [6, 6.07) is 5.56. The predicted octanol–water partition coefficient (Wildman–Crippen LogP) is 2.54. The fraction of sp³-hybridized carbons (Fsp3) is 0.529. The van der Waals surface area contributed by atoms with Gasteiger partial charge in [0.1, 0.15) is 0 Å². The number of carbonyl (C=O) groups is 2. The van der Waals surface area contributed by atoms with Crippen LogP contribution in [0, 0.1) is 16.0 Å². The van der Waals surface area contributed by atoms with Crippen molar-refractivity contribution in [3.8, 4) is 0 Å². The summed E-state index contributed by atoms with van der Waals surface area (Å²) in [6.45, 7) is 6.22. The summed E-state index contributed by atoms with van der Waals surface area (Å²) >= 11 is 0. The van der Waals surface area contributed by atoms with Gasteiger partial charge in [0.05, 0.1) is 11.5 Å². The molecule has 0 aromatic heterocycles. The van der Waals surface area contributed by atoms with E-state index in [-0.39, 0.29) is 23.6 Å². The molecule has 0 saturated carbocycles. The standard InChI is InChI=1S/C17H23N3O5/c1-13(2)12-25-17(22)19-9-3-8-18(10-11-19)16(21)14-4-6-15(7-5-14)20(23)24/h4-7,13H,3,8-12H2,1-2H3. The number of ether oxygens (including phenoxy) is 1. The third-order valence-electron chi connectivity index (χ3n) is 3.91. The van der Waals surface area contributed by atoms with E-state index in [1.54, 1.807) is 9.80 Å². The van der Waals surface area contributed by atoms with Crippen molar-refractivity contribution < 1.29 is 19.2 Å². The summed E-state index contributed by atoms with van der Waals surface area (Å²) in [7, 11) is 0. The van der Waals surface area contributed by atoms with Crippen LogP contribution in [0.3, 0.4) is 0 Å². The Kier molecular flexibility index (Phi) is 6.32. The largest absolute Gasteiger partial charge is 0.449 e. The molecule has 0 unspecified atom stereocenters. The lowest BCUT2D eigenvalue weighted by molar-refractivity contribution is -0.384. The van der Waals surface area contributed by atoms with Crippen molar-refractivity contribution in [2.75, 3.05) is 32.8 Å². The highest BCUT2D eigenvalue weighted by Crippen LogP contribution is 2.15. The van der Waals surface area contributed by atoms with Gasteiger partial charge in [-0.1, -0.05) is 13.8 Å². The van der Waals surface area contributed by atoms with Crippen LogP contribution in [0.2, 0.25) is 0 Å². The first-order chi connectivity index (χ1) is 11.9. The Hall–Kier alpha value is -2.64. The van der Waals surface area contributed by atoms with E-state index in [9.17, 15) is 19.7 Å². The van der Waals surface area contributed by atoms with Gasteiger partial charge in [0.25, 0.3) is 11.6 Å². The Labute approximate surface area is 146 Å². The van der Waals surface area contributed by atoms with Crippen molar-refractivity contribution in [3.05, 3.63) is 39.9 Å². The second-order valence-corrected chi connectivity index (χ2v) is 6.41. The molecule has 1 fully saturated rings. The van der Waals surface area contributed by atoms with Gasteiger partial charge in [-0.2, -0.15) is 0 Å². The van der Waals surface area contributed by atoms with Crippen molar-refractivity contribution in [1.82, 2.24) is 9.80 Å². The van der Waals surface area contributed by atoms with Crippen molar-refractivity contribution in [2.45, 2.75) is 20.3 Å². The van der Waals surface area contributed by atoms with Crippen LogP contribution in [-0.2, 0) is 4.74 Å². The zero-order valence-corrected chi connectivity index (χ0v) is 14.5. The van der Waals surface area contributed by atoms with Gasteiger partial charge in [-0.15, -0.1) is 0 Å². The lowest BCUT2D eigenvalue weighted by Crippen LogP contribution is -2.37. The molecule has 0 atom stereocenters. The van der Waals surface area contributed by atoms with E-state index in [2.05, 4.69) is 0 Å². The molecule has 2 rings (SSSR count). The summed E-state index contributed by atoms with van der Waals surface area (Å²) in [6.07, 6.45) is 0.313. The van der Waals surface area contributed by atoms with E-state index in [4.69, 9.17) is 4.74 Å². The molecule has 0 aliphatic carbocycles. The predicted molar refractivity (Wildman–Crippen MR) is 91.4 cm³/mol. The maximum Gasteiger partial charge on any atom is 0.409 e. The molecule has 136 valence electrons. The van der Waals surface area contributed by atoms with Gasteiger partial charge >= 0.3 is 6.09 Å². The number of non-ortho nitro benzene ring substituents is 1. The van der Waals surface area contributed by atoms with Crippen molar-refractivity contribution >= 4 is 17.7 Å². The quantitative estimate of drug-likeness (QED) is 0.615. The number of rotatable bonds is 4. The molecule has 0 spiro atoms. The minimum atomic E-state index is -0.499. The molecule has 1 heterocycles. The van der Waals surface area contributed by atoms with E-state index in [0.717, 1.165) is 0 Å². The number of nitrogens with zero attached hydrogens (tertiary/aromatic N) is 3. The minimum Gasteiger partial charge on any atom is -0.449 e. The topological polar surface area (TPSA) is 93.0 Å². The summed E-state index contributed by atoms with van der Waals surface area (Å²) in [4.78, 5) is 38.1. The molecule has 0 radical (unpaired) electrons. The molecule has 2 amide bonds. The summed E-state index contributed by atoms with van der Waals surface area (Å²) in [5.41, 5.74) is 0.355. The highest BCUT2D eigenvalue weighted by molar-refractivity contribution is 5.94. The van der Waals surface area contributed by atoms with Crippen LogP contribution in [0.25, 0.3) is 0 Å². The molecular formula is C17H23N3O5. The number of benzene rings is 1. The number of carbonyl (C=O) groups excluding carboxylic acids is 2. The number of hydrogen-bond acceptors (Lipinski definition) is 5. The SMILES string of the molecule is CC(C)COC(=O)N1CCCN(C(=O)c2ccc([N+](=O)[O-])cc2)CC1. The van der Waals surface area contributed by atoms with Crippen molar-refractivity contribution in [2.24, 2.45) is 5.92 Å². The summed E-state index contributed by atoms with van der Waals surface area (Å²) < 4.78 is 5.23. The van der Waals surface area contributed by atoms with E-state index in [1.165, 1.54) is 24.3 Å². The first-order valence-electron chi connectivity index (χ1n) is 8.34. The van der Waals surface area contributed by atoms with Crippen molar-refractivity contribution in [3.63, 3.8) is 0 Å². The molecule has 8 nitrogen and oxygen atoms in total. The Morgan fingerprint density at radius 3 is 2.32 bits per heavy atom. The number of hydrogen-bond donors (Lipinski definition) is 0. The van der Waals surface area contributed by atoms with Gasteiger partial charge in [0, 0.05) is 43.9 Å². The van der Waals surface area contributed by atoms with Gasteiger partial charge in [0.15, 0.2) is 0 Å². The third kappa shape index (κ3) is 5.17. The lowest BCUT2D eigenvalue weighted by atomic mass is 10.2. The number of nitro groups is 1. The van der Waals surface area contributed by atoms with E-state index >= 15 is 0 Å². The fourth-order valence-electron chi connectivity index (χ4n) is 2.54. The molecule has 1 aromatic carbocycles. The smallest absolute Gasteiger partial charge is 0.409 e. The van der Waals surface area contributed by atoms with Crippen LogP contribution in [-0.4, -0.2) is 59.5 Å². The highest BCUT2D eigenvalue weighted by Gasteiger charge is 2.24. The second kappa shape index (κ2) is 8.46. The van der Waals surface area contributed by atoms with Crippen LogP contribution in [0.15, 0.2) is 24.3 Å². The van der Waals surface area contributed by atoms with Crippen LogP contribution in [0.5, 0.6) is 0 Å². The monoisotopic (exact) mass is 349 g/mol. The number of amides is 2. The average Bonchev–Trinajstić information content (AvgIpc) is 2.85. The lowest BCUT2D eigenvalue weighted by Gasteiger charge is -2.22. The first kappa shape index (κ1) is 18.7. The van der Waals surface area contributed by atoms with E-state index < -0.39 is 4.92 Å². The number of nitro benzene ring substituents is 1.